The van der Waals surface area contributed by atoms with Crippen molar-refractivity contribution < 1.29 is 27.8 Å². The number of anilines is 3. The molecule has 11 heteroatoms. The van der Waals surface area contributed by atoms with Gasteiger partial charge in [0.2, 0.25) is 5.88 Å². The number of carbonyl (C=O) groups is 1. The van der Waals surface area contributed by atoms with Crippen molar-refractivity contribution >= 4 is 23.3 Å². The minimum absolute atomic E-state index is 0.111. The lowest BCUT2D eigenvalue weighted by Gasteiger charge is -2.23. The fourth-order valence-corrected chi connectivity index (χ4v) is 1.73. The van der Waals surface area contributed by atoms with E-state index in [1.165, 1.54) is 6.07 Å². The van der Waals surface area contributed by atoms with Crippen molar-refractivity contribution in [1.82, 2.24) is 9.88 Å². The van der Waals surface area contributed by atoms with E-state index in [-0.39, 0.29) is 17.2 Å². The Labute approximate surface area is 137 Å². The number of nitrogens with two attached hydrogens (primary N) is 1. The molecule has 0 aromatic carbocycles. The van der Waals surface area contributed by atoms with Gasteiger partial charge in [-0.1, -0.05) is 0 Å². The standard InChI is InChI=1S/C13H20F3N5O3/c1-20(2)4-5-21(3)10-8(17)6-9(18-12(22)23)11(19-10)24-7-13(14,15)16/h6,18H,4-5,7,17H2,1-3H3,(H,22,23). The third kappa shape index (κ3) is 6.36. The molecule has 1 aromatic rings. The van der Waals surface area contributed by atoms with Crippen LogP contribution in [0.3, 0.4) is 0 Å². The highest BCUT2D eigenvalue weighted by molar-refractivity contribution is 5.87. The Bertz CT molecular complexity index is 581. The average Bonchev–Trinajstić information content (AvgIpc) is 2.42. The van der Waals surface area contributed by atoms with E-state index in [1.54, 1.807) is 11.9 Å². The van der Waals surface area contributed by atoms with Crippen molar-refractivity contribution in [3.63, 3.8) is 0 Å². The van der Waals surface area contributed by atoms with Gasteiger partial charge in [0, 0.05) is 20.1 Å². The van der Waals surface area contributed by atoms with E-state index < -0.39 is 24.8 Å². The molecular weight excluding hydrogens is 331 g/mol. The van der Waals surface area contributed by atoms with Gasteiger partial charge in [0.1, 0.15) is 5.69 Å². The van der Waals surface area contributed by atoms with Crippen LogP contribution in [0.1, 0.15) is 0 Å². The van der Waals surface area contributed by atoms with E-state index in [0.29, 0.717) is 13.1 Å². The molecular formula is C13H20F3N5O3. The van der Waals surface area contributed by atoms with Gasteiger partial charge in [-0.25, -0.2) is 4.79 Å². The maximum atomic E-state index is 12.4. The first kappa shape index (κ1) is 19.6. The number of nitrogens with one attached hydrogen (secondary N) is 1. The largest absolute Gasteiger partial charge is 0.466 e. The van der Waals surface area contributed by atoms with Gasteiger partial charge in [0.25, 0.3) is 0 Å². The Morgan fingerprint density at radius 2 is 2.00 bits per heavy atom. The summed E-state index contributed by atoms with van der Waals surface area (Å²) < 4.78 is 41.7. The van der Waals surface area contributed by atoms with Crippen LogP contribution in [0.5, 0.6) is 5.88 Å². The summed E-state index contributed by atoms with van der Waals surface area (Å²) in [6.45, 7) is -0.431. The van der Waals surface area contributed by atoms with E-state index >= 15 is 0 Å². The summed E-state index contributed by atoms with van der Waals surface area (Å²) >= 11 is 0. The molecule has 1 heterocycles. The summed E-state index contributed by atoms with van der Waals surface area (Å²) in [4.78, 5) is 18.2. The van der Waals surface area contributed by atoms with Crippen molar-refractivity contribution in [3.05, 3.63) is 6.07 Å². The lowest BCUT2D eigenvalue weighted by Crippen LogP contribution is -2.30. The molecule has 4 N–H and O–H groups in total. The summed E-state index contributed by atoms with van der Waals surface area (Å²) in [5.74, 6) is -0.291. The Kier molecular flexibility index (Phi) is 6.46. The van der Waals surface area contributed by atoms with Gasteiger partial charge in [0.05, 0.1) is 5.69 Å². The molecule has 1 aromatic heterocycles. The Hall–Kier alpha value is -2.43. The molecule has 24 heavy (non-hydrogen) atoms. The number of alkyl halides is 3. The molecule has 0 spiro atoms. The predicted octanol–water partition coefficient (Wildman–Crippen LogP) is 1.69. The second-order valence-electron chi connectivity index (χ2n) is 5.31. The third-order valence-corrected chi connectivity index (χ3v) is 2.85. The number of hydrogen-bond acceptors (Lipinski definition) is 6. The second kappa shape index (κ2) is 7.90. The number of carboxylic acid groups (broad SMARTS) is 1. The Morgan fingerprint density at radius 1 is 1.38 bits per heavy atom. The van der Waals surface area contributed by atoms with Gasteiger partial charge >= 0.3 is 12.3 Å². The maximum Gasteiger partial charge on any atom is 0.422 e. The third-order valence-electron chi connectivity index (χ3n) is 2.85. The highest BCUT2D eigenvalue weighted by Crippen LogP contribution is 2.32. The van der Waals surface area contributed by atoms with Crippen LogP contribution in [0.25, 0.3) is 0 Å². The molecule has 0 aliphatic heterocycles. The molecule has 0 saturated carbocycles. The molecule has 0 saturated heterocycles. The summed E-state index contributed by atoms with van der Waals surface area (Å²) in [6, 6.07) is 1.17. The minimum Gasteiger partial charge on any atom is -0.466 e. The molecule has 0 fully saturated rings. The van der Waals surface area contributed by atoms with Crippen LogP contribution in [0, 0.1) is 0 Å². The average molecular weight is 351 g/mol. The van der Waals surface area contributed by atoms with Gasteiger partial charge in [-0.3, -0.25) is 5.32 Å². The summed E-state index contributed by atoms with van der Waals surface area (Å²) in [7, 11) is 5.39. The van der Waals surface area contributed by atoms with Gasteiger partial charge in [-0.15, -0.1) is 0 Å². The molecule has 0 aliphatic rings. The summed E-state index contributed by atoms with van der Waals surface area (Å²) in [5.41, 5.74) is 5.68. The van der Waals surface area contributed by atoms with Crippen molar-refractivity contribution in [3.8, 4) is 5.88 Å². The normalized spacial score (nSPS) is 11.5. The first-order valence-corrected chi connectivity index (χ1v) is 6.85. The van der Waals surface area contributed by atoms with Gasteiger partial charge in [-0.2, -0.15) is 18.2 Å². The zero-order valence-corrected chi connectivity index (χ0v) is 13.5. The number of rotatable bonds is 7. The van der Waals surface area contributed by atoms with E-state index in [0.717, 1.165) is 0 Å². The molecule has 1 amide bonds. The molecule has 0 atom stereocenters. The summed E-state index contributed by atoms with van der Waals surface area (Å²) in [5, 5.41) is 10.7. The monoisotopic (exact) mass is 351 g/mol. The van der Waals surface area contributed by atoms with Crippen molar-refractivity contribution in [2.75, 3.05) is 56.8 Å². The van der Waals surface area contributed by atoms with Crippen LogP contribution >= 0.6 is 0 Å². The number of nitrogens with zero attached hydrogens (tertiary/aromatic N) is 3. The van der Waals surface area contributed by atoms with Crippen LogP contribution in [-0.4, -0.2) is 68.1 Å². The number of halogens is 3. The van der Waals surface area contributed by atoms with Crippen LogP contribution in [0.4, 0.5) is 35.2 Å². The first-order chi connectivity index (χ1) is 11.0. The molecule has 136 valence electrons. The summed E-state index contributed by atoms with van der Waals surface area (Å²) in [6.07, 6.45) is -6.05. The smallest absolute Gasteiger partial charge is 0.422 e. The van der Waals surface area contributed by atoms with Crippen molar-refractivity contribution in [1.29, 1.82) is 0 Å². The van der Waals surface area contributed by atoms with Crippen molar-refractivity contribution in [2.24, 2.45) is 0 Å². The molecule has 0 aliphatic carbocycles. The van der Waals surface area contributed by atoms with Gasteiger partial charge in [0.15, 0.2) is 12.4 Å². The lowest BCUT2D eigenvalue weighted by molar-refractivity contribution is -0.153. The number of hydrogen-bond donors (Lipinski definition) is 3. The van der Waals surface area contributed by atoms with Crippen LogP contribution < -0.4 is 20.7 Å². The van der Waals surface area contributed by atoms with E-state index in [9.17, 15) is 18.0 Å². The quantitative estimate of drug-likeness (QED) is 0.687. The second-order valence-corrected chi connectivity index (χ2v) is 5.31. The van der Waals surface area contributed by atoms with Crippen molar-refractivity contribution in [2.45, 2.75) is 6.18 Å². The van der Waals surface area contributed by atoms with E-state index in [4.69, 9.17) is 10.8 Å². The van der Waals surface area contributed by atoms with E-state index in [1.807, 2.05) is 24.3 Å². The maximum absolute atomic E-state index is 12.4. The molecule has 0 unspecified atom stereocenters. The molecule has 0 radical (unpaired) electrons. The highest BCUT2D eigenvalue weighted by atomic mass is 19.4. The number of likely N-dealkylation sites (N-methyl/N-ethyl adjacent to an activating group) is 2. The number of aromatic nitrogens is 1. The van der Waals surface area contributed by atoms with Crippen LogP contribution in [-0.2, 0) is 0 Å². The fraction of sp³-hybridized carbons (Fsp3) is 0.538. The molecule has 0 bridgehead atoms. The van der Waals surface area contributed by atoms with E-state index in [2.05, 4.69) is 9.72 Å². The molecule has 1 rings (SSSR count). The lowest BCUT2D eigenvalue weighted by atomic mass is 10.3. The SMILES string of the molecule is CN(C)CCN(C)c1nc(OCC(F)(F)F)c(NC(=O)O)cc1N. The number of pyridine rings is 1. The first-order valence-electron chi connectivity index (χ1n) is 6.85. The van der Waals surface area contributed by atoms with Gasteiger partial charge < -0.3 is 25.4 Å². The molecule has 8 nitrogen and oxygen atoms in total. The number of nitrogen functional groups attached to an aromatic ring is 1. The van der Waals surface area contributed by atoms with Crippen LogP contribution in [0.2, 0.25) is 0 Å². The zero-order valence-electron chi connectivity index (χ0n) is 13.5. The number of amides is 1. The number of ether oxygens (including phenoxy) is 1. The Morgan fingerprint density at radius 3 is 2.50 bits per heavy atom. The predicted molar refractivity (Wildman–Crippen MR) is 83.7 cm³/mol. The van der Waals surface area contributed by atoms with Crippen LogP contribution in [0.15, 0.2) is 6.07 Å². The zero-order chi connectivity index (χ0) is 18.5. The minimum atomic E-state index is -4.58. The Balaban J connectivity index is 3.10. The highest BCUT2D eigenvalue weighted by Gasteiger charge is 2.29. The van der Waals surface area contributed by atoms with Gasteiger partial charge in [-0.05, 0) is 20.2 Å². The fourth-order valence-electron chi connectivity index (χ4n) is 1.73. The topological polar surface area (TPSA) is 104 Å².